The molecule has 1 aliphatic rings. The second-order valence-electron chi connectivity index (χ2n) is 4.45. The van der Waals surface area contributed by atoms with E-state index < -0.39 is 48.6 Å². The fourth-order valence-corrected chi connectivity index (χ4v) is 1.99. The van der Waals surface area contributed by atoms with Crippen molar-refractivity contribution in [3.05, 3.63) is 0 Å². The van der Waals surface area contributed by atoms with Gasteiger partial charge in [-0.2, -0.15) is 0 Å². The van der Waals surface area contributed by atoms with E-state index in [1.54, 1.807) is 0 Å². The highest BCUT2D eigenvalue weighted by atomic mass is 16.7. The zero-order valence-corrected chi connectivity index (χ0v) is 11.7. The molecule has 0 aliphatic carbocycles. The van der Waals surface area contributed by atoms with Gasteiger partial charge in [-0.3, -0.25) is 14.4 Å². The Morgan fingerprint density at radius 3 is 1.70 bits per heavy atom. The zero-order chi connectivity index (χ0) is 15.4. The van der Waals surface area contributed by atoms with Gasteiger partial charge in [0, 0.05) is 20.8 Å². The highest BCUT2D eigenvalue weighted by molar-refractivity contribution is 5.68. The van der Waals surface area contributed by atoms with E-state index in [9.17, 15) is 19.5 Å². The number of esters is 3. The number of rotatable bonds is 3. The van der Waals surface area contributed by atoms with Crippen LogP contribution >= 0.6 is 0 Å². The van der Waals surface area contributed by atoms with Crippen LogP contribution in [0, 0.1) is 0 Å². The molecule has 1 heterocycles. The van der Waals surface area contributed by atoms with Gasteiger partial charge in [0.25, 0.3) is 0 Å². The van der Waals surface area contributed by atoms with Crippen LogP contribution in [0.15, 0.2) is 0 Å². The van der Waals surface area contributed by atoms with Crippen molar-refractivity contribution in [2.45, 2.75) is 58.4 Å². The smallest absolute Gasteiger partial charge is 0.303 e. The Morgan fingerprint density at radius 2 is 1.25 bits per heavy atom. The van der Waals surface area contributed by atoms with Gasteiger partial charge in [-0.05, 0) is 6.92 Å². The fraction of sp³-hybridized carbons (Fsp3) is 0.750. The van der Waals surface area contributed by atoms with E-state index >= 15 is 0 Å². The van der Waals surface area contributed by atoms with E-state index in [2.05, 4.69) is 0 Å². The van der Waals surface area contributed by atoms with Crippen LogP contribution in [-0.2, 0) is 33.3 Å². The Hall–Kier alpha value is -1.67. The Kier molecular flexibility index (Phi) is 5.46. The average molecular weight is 290 g/mol. The van der Waals surface area contributed by atoms with Gasteiger partial charge in [-0.15, -0.1) is 0 Å². The number of carbonyl (C=O) groups is 3. The van der Waals surface area contributed by atoms with Crippen molar-refractivity contribution in [1.82, 2.24) is 0 Å². The summed E-state index contributed by atoms with van der Waals surface area (Å²) in [4.78, 5) is 33.3. The molecule has 5 atom stereocenters. The third-order valence-electron chi connectivity index (χ3n) is 2.65. The van der Waals surface area contributed by atoms with Crippen LogP contribution in [0.25, 0.3) is 0 Å². The molecule has 0 spiro atoms. The number of aliphatic hydroxyl groups excluding tert-OH is 1. The molecule has 1 aliphatic heterocycles. The molecule has 0 radical (unpaired) electrons. The van der Waals surface area contributed by atoms with E-state index in [4.69, 9.17) is 18.9 Å². The predicted octanol–water partition coefficient (Wildman–Crippen LogP) is -0.481. The van der Waals surface area contributed by atoms with Gasteiger partial charge in [0.05, 0.1) is 6.10 Å². The minimum atomic E-state index is -1.48. The Balaban J connectivity index is 3.01. The molecule has 5 unspecified atom stereocenters. The highest BCUT2D eigenvalue weighted by Gasteiger charge is 2.49. The van der Waals surface area contributed by atoms with Crippen molar-refractivity contribution >= 4 is 17.9 Å². The number of carbonyl (C=O) groups excluding carboxylic acids is 3. The third kappa shape index (κ3) is 4.17. The van der Waals surface area contributed by atoms with Crippen LogP contribution in [0.2, 0.25) is 0 Å². The van der Waals surface area contributed by atoms with Crippen molar-refractivity contribution < 1.29 is 38.4 Å². The summed E-state index contributed by atoms with van der Waals surface area (Å²) in [6, 6.07) is 0. The lowest BCUT2D eigenvalue weighted by molar-refractivity contribution is -0.288. The van der Waals surface area contributed by atoms with Crippen molar-refractivity contribution in [3.8, 4) is 0 Å². The molecular weight excluding hydrogens is 272 g/mol. The highest BCUT2D eigenvalue weighted by Crippen LogP contribution is 2.27. The van der Waals surface area contributed by atoms with E-state index in [0.29, 0.717) is 0 Å². The predicted molar refractivity (Wildman–Crippen MR) is 63.2 cm³/mol. The van der Waals surface area contributed by atoms with Gasteiger partial charge in [0.15, 0.2) is 24.6 Å². The van der Waals surface area contributed by atoms with Crippen LogP contribution in [0.3, 0.4) is 0 Å². The quantitative estimate of drug-likeness (QED) is 0.548. The molecule has 0 aromatic rings. The molecule has 1 saturated heterocycles. The maximum absolute atomic E-state index is 11.2. The summed E-state index contributed by atoms with van der Waals surface area (Å²) in [5.74, 6) is -1.96. The van der Waals surface area contributed by atoms with E-state index in [1.807, 2.05) is 0 Å². The monoisotopic (exact) mass is 290 g/mol. The summed E-state index contributed by atoms with van der Waals surface area (Å²) in [6.07, 6.45) is -5.60. The van der Waals surface area contributed by atoms with Crippen LogP contribution in [-0.4, -0.2) is 53.7 Å². The summed E-state index contributed by atoms with van der Waals surface area (Å²) < 4.78 is 20.1. The minimum absolute atomic E-state index is 0.611. The van der Waals surface area contributed by atoms with Gasteiger partial charge in [-0.1, -0.05) is 0 Å². The maximum Gasteiger partial charge on any atom is 0.303 e. The van der Waals surface area contributed by atoms with Crippen molar-refractivity contribution in [2.24, 2.45) is 0 Å². The molecule has 0 aromatic carbocycles. The topological polar surface area (TPSA) is 108 Å². The van der Waals surface area contributed by atoms with Crippen molar-refractivity contribution in [3.63, 3.8) is 0 Å². The summed E-state index contributed by atoms with van der Waals surface area (Å²) >= 11 is 0. The molecule has 114 valence electrons. The molecule has 1 N–H and O–H groups in total. The standard InChI is InChI=1S/C12H18O8/c1-5-9(18-6(2)13)10(19-7(3)14)11(12(16)17-5)20-8(4)15/h5,9-12,16H,1-4H3. The molecule has 0 bridgehead atoms. The minimum Gasteiger partial charge on any atom is -0.456 e. The van der Waals surface area contributed by atoms with Gasteiger partial charge >= 0.3 is 17.9 Å². The van der Waals surface area contributed by atoms with Gasteiger partial charge in [0.2, 0.25) is 0 Å². The third-order valence-corrected chi connectivity index (χ3v) is 2.65. The first-order valence-corrected chi connectivity index (χ1v) is 6.07. The summed E-state index contributed by atoms with van der Waals surface area (Å²) in [6.45, 7) is 5.01. The first-order chi connectivity index (χ1) is 9.22. The lowest BCUT2D eigenvalue weighted by Gasteiger charge is -2.41. The average Bonchev–Trinajstić information content (AvgIpc) is 2.27. The number of hydrogen-bond donors (Lipinski definition) is 1. The molecule has 0 saturated carbocycles. The van der Waals surface area contributed by atoms with Gasteiger partial charge < -0.3 is 24.1 Å². The van der Waals surface area contributed by atoms with Crippen molar-refractivity contribution in [1.29, 1.82) is 0 Å². The van der Waals surface area contributed by atoms with Crippen LogP contribution in [0.1, 0.15) is 27.7 Å². The molecule has 1 fully saturated rings. The molecule has 0 amide bonds. The van der Waals surface area contributed by atoms with Gasteiger partial charge in [-0.25, -0.2) is 0 Å². The zero-order valence-electron chi connectivity index (χ0n) is 11.7. The molecule has 1 rings (SSSR count). The molecular formula is C12H18O8. The van der Waals surface area contributed by atoms with E-state index in [1.165, 1.54) is 13.8 Å². The van der Waals surface area contributed by atoms with E-state index in [-0.39, 0.29) is 0 Å². The van der Waals surface area contributed by atoms with Crippen LogP contribution in [0.4, 0.5) is 0 Å². The van der Waals surface area contributed by atoms with Crippen LogP contribution in [0.5, 0.6) is 0 Å². The number of aliphatic hydroxyl groups is 1. The first kappa shape index (κ1) is 16.4. The number of ether oxygens (including phenoxy) is 4. The molecule has 0 aromatic heterocycles. The molecule has 20 heavy (non-hydrogen) atoms. The first-order valence-electron chi connectivity index (χ1n) is 6.07. The molecule has 8 heteroatoms. The lowest BCUT2D eigenvalue weighted by atomic mass is 9.99. The Bertz CT molecular complexity index is 365. The summed E-state index contributed by atoms with van der Waals surface area (Å²) in [5.41, 5.74) is 0. The Labute approximate surface area is 115 Å². The normalized spacial score (nSPS) is 33.1. The maximum atomic E-state index is 11.2. The summed E-state index contributed by atoms with van der Waals surface area (Å²) in [7, 11) is 0. The van der Waals surface area contributed by atoms with E-state index in [0.717, 1.165) is 13.8 Å². The van der Waals surface area contributed by atoms with Gasteiger partial charge in [0.1, 0.15) is 0 Å². The SMILES string of the molecule is CC(=O)OC1C(C)OC(O)C(OC(C)=O)C1OC(C)=O. The second kappa shape index (κ2) is 6.67. The fourth-order valence-electron chi connectivity index (χ4n) is 1.99. The number of hydrogen-bond acceptors (Lipinski definition) is 8. The second-order valence-corrected chi connectivity index (χ2v) is 4.45. The lowest BCUT2D eigenvalue weighted by Crippen LogP contribution is -2.60. The largest absolute Gasteiger partial charge is 0.456 e. The summed E-state index contributed by atoms with van der Waals surface area (Å²) in [5, 5.41) is 9.79. The Morgan fingerprint density at radius 1 is 0.850 bits per heavy atom. The van der Waals surface area contributed by atoms with Crippen molar-refractivity contribution in [2.75, 3.05) is 0 Å². The van der Waals surface area contributed by atoms with Crippen LogP contribution < -0.4 is 0 Å². The molecule has 8 nitrogen and oxygen atoms in total.